The lowest BCUT2D eigenvalue weighted by molar-refractivity contribution is 0.0991. The minimum Gasteiger partial charge on any atom is -0.445 e. The first kappa shape index (κ1) is 18.0. The number of pyridine rings is 1. The summed E-state index contributed by atoms with van der Waals surface area (Å²) in [5, 5.41) is 0.542. The molecule has 7 heteroatoms. The minimum absolute atomic E-state index is 0.0223. The van der Waals surface area contributed by atoms with E-state index in [2.05, 4.69) is 19.9 Å². The number of ketones is 1. The molecule has 0 saturated carbocycles. The quantitative estimate of drug-likeness (QED) is 0.464. The summed E-state index contributed by atoms with van der Waals surface area (Å²) in [7, 11) is 0. The Morgan fingerprint density at radius 1 is 1.07 bits per heavy atom. The molecule has 0 aliphatic carbocycles. The lowest BCUT2D eigenvalue weighted by Crippen LogP contribution is -2.07. The third-order valence-corrected chi connectivity index (χ3v) is 4.62. The van der Waals surface area contributed by atoms with Crippen LogP contribution in [-0.4, -0.2) is 25.7 Å². The standard InChI is InChI=1S/C21H15ClN4O2/c1-13-10-23-5-4-16(13)20(27)9-15-11-26-19(12-25-15)17-8-14(2-3-18(17)22)21-24-6-7-28-21/h2-8,10-12H,9H2,1H3. The van der Waals surface area contributed by atoms with Gasteiger partial charge in [0.05, 0.1) is 35.2 Å². The highest BCUT2D eigenvalue weighted by atomic mass is 35.5. The van der Waals surface area contributed by atoms with Crippen molar-refractivity contribution >= 4 is 17.4 Å². The number of hydrogen-bond acceptors (Lipinski definition) is 6. The molecule has 3 heterocycles. The van der Waals surface area contributed by atoms with Crippen LogP contribution in [0.3, 0.4) is 0 Å². The molecule has 1 aromatic carbocycles. The maximum absolute atomic E-state index is 12.5. The van der Waals surface area contributed by atoms with Gasteiger partial charge in [-0.15, -0.1) is 0 Å². The van der Waals surface area contributed by atoms with Crippen molar-refractivity contribution in [3.8, 4) is 22.7 Å². The van der Waals surface area contributed by atoms with Crippen molar-refractivity contribution in [2.45, 2.75) is 13.3 Å². The van der Waals surface area contributed by atoms with E-state index >= 15 is 0 Å². The Labute approximate surface area is 166 Å². The molecule has 0 amide bonds. The Bertz CT molecular complexity index is 1130. The van der Waals surface area contributed by atoms with E-state index in [1.165, 1.54) is 6.26 Å². The van der Waals surface area contributed by atoms with E-state index in [0.29, 0.717) is 33.4 Å². The summed E-state index contributed by atoms with van der Waals surface area (Å²) in [5.41, 5.74) is 4.18. The predicted octanol–water partition coefficient (Wildman–Crippen LogP) is 4.58. The zero-order chi connectivity index (χ0) is 19.5. The van der Waals surface area contributed by atoms with Gasteiger partial charge in [0.2, 0.25) is 5.89 Å². The van der Waals surface area contributed by atoms with Gasteiger partial charge in [-0.25, -0.2) is 4.98 Å². The Morgan fingerprint density at radius 3 is 2.68 bits per heavy atom. The molecule has 3 aromatic heterocycles. The number of aryl methyl sites for hydroxylation is 1. The fourth-order valence-corrected chi connectivity index (χ4v) is 3.07. The number of Topliss-reactive ketones (excluding diaryl/α,β-unsaturated/α-hetero) is 1. The van der Waals surface area contributed by atoms with Gasteiger partial charge < -0.3 is 4.42 Å². The van der Waals surface area contributed by atoms with Crippen molar-refractivity contribution in [1.29, 1.82) is 0 Å². The molecule has 4 aromatic rings. The highest BCUT2D eigenvalue weighted by Crippen LogP contribution is 2.30. The summed E-state index contributed by atoms with van der Waals surface area (Å²) in [5.74, 6) is 0.478. The number of nitrogens with zero attached hydrogens (tertiary/aromatic N) is 4. The van der Waals surface area contributed by atoms with Crippen molar-refractivity contribution in [3.05, 3.63) is 83.4 Å². The third-order valence-electron chi connectivity index (χ3n) is 4.29. The molecule has 0 fully saturated rings. The Morgan fingerprint density at radius 2 is 1.96 bits per heavy atom. The maximum atomic E-state index is 12.5. The first-order chi connectivity index (χ1) is 13.6. The van der Waals surface area contributed by atoms with Gasteiger partial charge in [-0.1, -0.05) is 11.6 Å². The molecule has 0 bridgehead atoms. The van der Waals surface area contributed by atoms with Crippen LogP contribution in [0, 0.1) is 6.92 Å². The van der Waals surface area contributed by atoms with Gasteiger partial charge >= 0.3 is 0 Å². The molecular weight excluding hydrogens is 376 g/mol. The number of benzene rings is 1. The summed E-state index contributed by atoms with van der Waals surface area (Å²) < 4.78 is 5.33. The second kappa shape index (κ2) is 7.70. The molecule has 4 rings (SSSR count). The van der Waals surface area contributed by atoms with Crippen LogP contribution in [0.25, 0.3) is 22.7 Å². The molecule has 0 aliphatic heterocycles. The van der Waals surface area contributed by atoms with Crippen molar-refractivity contribution in [3.63, 3.8) is 0 Å². The normalized spacial score (nSPS) is 10.8. The maximum Gasteiger partial charge on any atom is 0.225 e. The van der Waals surface area contributed by atoms with Crippen LogP contribution in [0.4, 0.5) is 0 Å². The molecule has 6 nitrogen and oxygen atoms in total. The van der Waals surface area contributed by atoms with E-state index in [1.807, 2.05) is 19.1 Å². The van der Waals surface area contributed by atoms with E-state index in [-0.39, 0.29) is 12.2 Å². The Hall–Kier alpha value is -3.38. The Kier molecular flexibility index (Phi) is 4.95. The summed E-state index contributed by atoms with van der Waals surface area (Å²) in [6, 6.07) is 7.16. The van der Waals surface area contributed by atoms with Crippen LogP contribution in [0.2, 0.25) is 5.02 Å². The van der Waals surface area contributed by atoms with E-state index in [4.69, 9.17) is 16.0 Å². The number of aromatic nitrogens is 4. The highest BCUT2D eigenvalue weighted by Gasteiger charge is 2.13. The molecular formula is C21H15ClN4O2. The largest absolute Gasteiger partial charge is 0.445 e. The predicted molar refractivity (Wildman–Crippen MR) is 105 cm³/mol. The fourth-order valence-electron chi connectivity index (χ4n) is 2.85. The van der Waals surface area contributed by atoms with Crippen LogP contribution in [0.5, 0.6) is 0 Å². The summed E-state index contributed by atoms with van der Waals surface area (Å²) in [6.45, 7) is 1.86. The minimum atomic E-state index is -0.0223. The van der Waals surface area contributed by atoms with E-state index in [0.717, 1.165) is 11.1 Å². The zero-order valence-corrected chi connectivity index (χ0v) is 15.7. The zero-order valence-electron chi connectivity index (χ0n) is 15.0. The van der Waals surface area contributed by atoms with Gasteiger partial charge in [0.25, 0.3) is 0 Å². The molecule has 0 atom stereocenters. The van der Waals surface area contributed by atoms with Crippen LogP contribution < -0.4 is 0 Å². The topological polar surface area (TPSA) is 81.8 Å². The summed E-state index contributed by atoms with van der Waals surface area (Å²) in [4.78, 5) is 29.5. The number of hydrogen-bond donors (Lipinski definition) is 0. The molecule has 0 unspecified atom stereocenters. The van der Waals surface area contributed by atoms with Crippen molar-refractivity contribution < 1.29 is 9.21 Å². The molecule has 0 spiro atoms. The number of oxazole rings is 1. The first-order valence-electron chi connectivity index (χ1n) is 8.56. The second-order valence-corrected chi connectivity index (χ2v) is 6.62. The van der Waals surface area contributed by atoms with Crippen molar-refractivity contribution in [1.82, 2.24) is 19.9 Å². The lowest BCUT2D eigenvalue weighted by Gasteiger charge is -2.07. The van der Waals surface area contributed by atoms with Gasteiger partial charge in [-0.05, 0) is 36.8 Å². The summed E-state index contributed by atoms with van der Waals surface area (Å²) in [6.07, 6.45) is 9.75. The molecule has 0 aliphatic rings. The lowest BCUT2D eigenvalue weighted by atomic mass is 10.0. The number of halogens is 1. The molecule has 138 valence electrons. The van der Waals surface area contributed by atoms with Gasteiger partial charge in [0.1, 0.15) is 6.26 Å². The number of carbonyl (C=O) groups excluding carboxylic acids is 1. The number of carbonyl (C=O) groups is 1. The third kappa shape index (κ3) is 3.68. The van der Waals surface area contributed by atoms with Gasteiger partial charge in [0, 0.05) is 35.3 Å². The van der Waals surface area contributed by atoms with Crippen molar-refractivity contribution in [2.75, 3.05) is 0 Å². The fraction of sp³-hybridized carbons (Fsp3) is 0.0952. The van der Waals surface area contributed by atoms with Gasteiger partial charge in [-0.3, -0.25) is 19.7 Å². The van der Waals surface area contributed by atoms with E-state index < -0.39 is 0 Å². The number of rotatable bonds is 5. The van der Waals surface area contributed by atoms with E-state index in [1.54, 1.807) is 43.1 Å². The highest BCUT2D eigenvalue weighted by molar-refractivity contribution is 6.33. The summed E-state index contributed by atoms with van der Waals surface area (Å²) >= 11 is 6.33. The second-order valence-electron chi connectivity index (χ2n) is 6.22. The monoisotopic (exact) mass is 390 g/mol. The average molecular weight is 391 g/mol. The van der Waals surface area contributed by atoms with Crippen molar-refractivity contribution in [2.24, 2.45) is 0 Å². The van der Waals surface area contributed by atoms with Gasteiger partial charge in [-0.2, -0.15) is 0 Å². The Balaban J connectivity index is 1.58. The van der Waals surface area contributed by atoms with Crippen LogP contribution in [-0.2, 0) is 6.42 Å². The molecule has 28 heavy (non-hydrogen) atoms. The first-order valence-corrected chi connectivity index (χ1v) is 8.94. The SMILES string of the molecule is Cc1cnccc1C(=O)Cc1cnc(-c2cc(-c3ncco3)ccc2Cl)cn1. The molecule has 0 saturated heterocycles. The smallest absolute Gasteiger partial charge is 0.225 e. The van der Waals surface area contributed by atoms with Crippen LogP contribution in [0.15, 0.2) is 65.9 Å². The van der Waals surface area contributed by atoms with Crippen LogP contribution >= 0.6 is 11.6 Å². The van der Waals surface area contributed by atoms with Gasteiger partial charge in [0.15, 0.2) is 5.78 Å². The van der Waals surface area contributed by atoms with E-state index in [9.17, 15) is 4.79 Å². The molecule has 0 radical (unpaired) electrons. The molecule has 0 N–H and O–H groups in total. The average Bonchev–Trinajstić information content (AvgIpc) is 3.24. The van der Waals surface area contributed by atoms with Crippen LogP contribution in [0.1, 0.15) is 21.6 Å².